The van der Waals surface area contributed by atoms with Crippen LogP contribution < -0.4 is 4.90 Å². The Morgan fingerprint density at radius 3 is 1.52 bits per heavy atom. The maximum absolute atomic E-state index is 2.40. The number of hydrogen-bond donors (Lipinski definition) is 0. The fourth-order valence-electron chi connectivity index (χ4n) is 8.91. The van der Waals surface area contributed by atoms with Crippen molar-refractivity contribution in [2.45, 2.75) is 0 Å². The number of anilines is 3. The van der Waals surface area contributed by atoms with Gasteiger partial charge in [-0.25, -0.2) is 0 Å². The number of para-hydroxylation sites is 2. The Kier molecular flexibility index (Phi) is 8.87. The molecule has 0 unspecified atom stereocenters. The standard InChI is InChI=1S/C58H40N2/c1-4-15-41(16-5-1)43-33-36-49(37-34-43)59(48-20-8-3-9-21-48)56-28-14-25-52-51(24-13-26-53(52)56)45-31-29-44(30-32-45)47-35-38-58-55(40-47)54-23-10-11-27-57(54)60(58)50-22-12-19-46(39-50)42-17-6-2-7-18-42/h1-40H. The summed E-state index contributed by atoms with van der Waals surface area (Å²) in [6, 6.07) is 87.7. The third-order valence-electron chi connectivity index (χ3n) is 11.8. The minimum absolute atomic E-state index is 1.11. The molecular weight excluding hydrogens is 725 g/mol. The Morgan fingerprint density at radius 1 is 0.267 bits per heavy atom. The van der Waals surface area contributed by atoms with Crippen LogP contribution in [0.15, 0.2) is 243 Å². The number of nitrogens with zero attached hydrogens (tertiary/aromatic N) is 2. The first-order chi connectivity index (χ1) is 29.8. The maximum Gasteiger partial charge on any atom is 0.0541 e. The lowest BCUT2D eigenvalue weighted by Gasteiger charge is -2.27. The summed E-state index contributed by atoms with van der Waals surface area (Å²) in [7, 11) is 0. The van der Waals surface area contributed by atoms with E-state index in [9.17, 15) is 0 Å². The third kappa shape index (κ3) is 6.32. The van der Waals surface area contributed by atoms with Crippen LogP contribution in [0.25, 0.3) is 82.8 Å². The van der Waals surface area contributed by atoms with Crippen molar-refractivity contribution in [3.05, 3.63) is 243 Å². The molecule has 0 saturated heterocycles. The Balaban J connectivity index is 0.955. The van der Waals surface area contributed by atoms with E-state index in [0.717, 1.165) is 22.7 Å². The molecule has 0 spiro atoms. The first kappa shape index (κ1) is 35.2. The smallest absolute Gasteiger partial charge is 0.0541 e. The van der Waals surface area contributed by atoms with Crippen LogP contribution in [0.5, 0.6) is 0 Å². The van der Waals surface area contributed by atoms with Crippen LogP contribution in [0.1, 0.15) is 0 Å². The third-order valence-corrected chi connectivity index (χ3v) is 11.8. The highest BCUT2D eigenvalue weighted by atomic mass is 15.1. The van der Waals surface area contributed by atoms with Gasteiger partial charge in [-0.15, -0.1) is 0 Å². The molecule has 0 N–H and O–H groups in total. The SMILES string of the molecule is c1ccc(-c2ccc(N(c3ccccc3)c3cccc4c(-c5ccc(-c6ccc7c(c6)c6ccccc6n7-c6cccc(-c7ccccc7)c6)cc5)cccc34)cc2)cc1. The molecule has 0 radical (unpaired) electrons. The summed E-state index contributed by atoms with van der Waals surface area (Å²) in [5, 5.41) is 4.91. The second kappa shape index (κ2) is 15.1. The number of fused-ring (bicyclic) bond motifs is 4. The molecular formula is C58H40N2. The van der Waals surface area contributed by atoms with E-state index in [0.29, 0.717) is 0 Å². The van der Waals surface area contributed by atoms with Gasteiger partial charge in [-0.3, -0.25) is 0 Å². The van der Waals surface area contributed by atoms with E-state index in [1.54, 1.807) is 0 Å². The van der Waals surface area contributed by atoms with Crippen molar-refractivity contribution < 1.29 is 0 Å². The van der Waals surface area contributed by atoms with Crippen molar-refractivity contribution in [1.82, 2.24) is 4.57 Å². The number of aromatic nitrogens is 1. The van der Waals surface area contributed by atoms with Gasteiger partial charge in [0.2, 0.25) is 0 Å². The van der Waals surface area contributed by atoms with Crippen LogP contribution in [-0.4, -0.2) is 4.57 Å². The normalized spacial score (nSPS) is 11.3. The predicted octanol–water partition coefficient (Wildman–Crippen LogP) is 16.1. The van der Waals surface area contributed by atoms with Crippen LogP contribution in [-0.2, 0) is 0 Å². The van der Waals surface area contributed by atoms with Gasteiger partial charge < -0.3 is 9.47 Å². The number of rotatable bonds is 8. The molecule has 0 amide bonds. The van der Waals surface area contributed by atoms with Crippen molar-refractivity contribution in [2.24, 2.45) is 0 Å². The Labute approximate surface area is 350 Å². The fourth-order valence-corrected chi connectivity index (χ4v) is 8.91. The van der Waals surface area contributed by atoms with Crippen molar-refractivity contribution >= 4 is 49.6 Å². The second-order valence-corrected chi connectivity index (χ2v) is 15.3. The molecule has 2 heteroatoms. The van der Waals surface area contributed by atoms with E-state index >= 15 is 0 Å². The van der Waals surface area contributed by atoms with Crippen LogP contribution in [0.2, 0.25) is 0 Å². The van der Waals surface area contributed by atoms with Gasteiger partial charge in [0.1, 0.15) is 0 Å². The van der Waals surface area contributed by atoms with Gasteiger partial charge in [-0.05, 0) is 111 Å². The zero-order valence-electron chi connectivity index (χ0n) is 33.0. The highest BCUT2D eigenvalue weighted by Gasteiger charge is 2.18. The van der Waals surface area contributed by atoms with E-state index in [4.69, 9.17) is 0 Å². The molecule has 2 nitrogen and oxygen atoms in total. The molecule has 60 heavy (non-hydrogen) atoms. The second-order valence-electron chi connectivity index (χ2n) is 15.3. The average Bonchev–Trinajstić information content (AvgIpc) is 3.66. The summed E-state index contributed by atoms with van der Waals surface area (Å²) in [5.41, 5.74) is 16.6. The zero-order valence-corrected chi connectivity index (χ0v) is 33.0. The largest absolute Gasteiger partial charge is 0.310 e. The molecule has 0 aliphatic heterocycles. The van der Waals surface area contributed by atoms with Gasteiger partial charge >= 0.3 is 0 Å². The summed E-state index contributed by atoms with van der Waals surface area (Å²) >= 11 is 0. The van der Waals surface area contributed by atoms with E-state index in [1.165, 1.54) is 77.1 Å². The van der Waals surface area contributed by atoms with Gasteiger partial charge in [0.05, 0.1) is 16.7 Å². The van der Waals surface area contributed by atoms with Crippen LogP contribution in [0.3, 0.4) is 0 Å². The fraction of sp³-hybridized carbons (Fsp3) is 0. The Morgan fingerprint density at radius 2 is 0.750 bits per heavy atom. The van der Waals surface area contributed by atoms with Crippen molar-refractivity contribution in [3.8, 4) is 50.2 Å². The molecule has 0 aliphatic rings. The molecule has 1 heterocycles. The van der Waals surface area contributed by atoms with Gasteiger partial charge in [-0.1, -0.05) is 182 Å². The maximum atomic E-state index is 2.40. The van der Waals surface area contributed by atoms with Crippen LogP contribution in [0.4, 0.5) is 17.1 Å². The van der Waals surface area contributed by atoms with Gasteiger partial charge in [0.15, 0.2) is 0 Å². The first-order valence-corrected chi connectivity index (χ1v) is 20.6. The summed E-state index contributed by atoms with van der Waals surface area (Å²) in [5.74, 6) is 0. The molecule has 0 atom stereocenters. The number of hydrogen-bond acceptors (Lipinski definition) is 1. The lowest BCUT2D eigenvalue weighted by Crippen LogP contribution is -2.10. The van der Waals surface area contributed by atoms with Gasteiger partial charge in [0.25, 0.3) is 0 Å². The van der Waals surface area contributed by atoms with Gasteiger partial charge in [-0.2, -0.15) is 0 Å². The lowest BCUT2D eigenvalue weighted by molar-refractivity contribution is 1.18. The van der Waals surface area contributed by atoms with E-state index in [2.05, 4.69) is 252 Å². The zero-order chi connectivity index (χ0) is 39.8. The Bertz CT molecular complexity index is 3270. The molecule has 1 aromatic heterocycles. The van der Waals surface area contributed by atoms with Crippen LogP contribution in [0, 0.1) is 0 Å². The molecule has 0 saturated carbocycles. The Hall–Kier alpha value is -7.94. The quantitative estimate of drug-likeness (QED) is 0.150. The molecule has 10 aromatic carbocycles. The van der Waals surface area contributed by atoms with Gasteiger partial charge in [0, 0.05) is 33.2 Å². The van der Waals surface area contributed by atoms with E-state index in [-0.39, 0.29) is 0 Å². The monoisotopic (exact) mass is 764 g/mol. The molecule has 282 valence electrons. The summed E-state index contributed by atoms with van der Waals surface area (Å²) in [6.07, 6.45) is 0. The average molecular weight is 765 g/mol. The van der Waals surface area contributed by atoms with Crippen molar-refractivity contribution in [1.29, 1.82) is 0 Å². The predicted molar refractivity (Wildman–Crippen MR) is 255 cm³/mol. The van der Waals surface area contributed by atoms with Crippen molar-refractivity contribution in [3.63, 3.8) is 0 Å². The molecule has 11 rings (SSSR count). The molecule has 0 bridgehead atoms. The molecule has 11 aromatic rings. The van der Waals surface area contributed by atoms with Crippen LogP contribution >= 0.6 is 0 Å². The summed E-state index contributed by atoms with van der Waals surface area (Å²) in [4.78, 5) is 2.37. The first-order valence-electron chi connectivity index (χ1n) is 20.6. The highest BCUT2D eigenvalue weighted by Crippen LogP contribution is 2.42. The van der Waals surface area contributed by atoms with E-state index in [1.807, 2.05) is 0 Å². The minimum Gasteiger partial charge on any atom is -0.310 e. The van der Waals surface area contributed by atoms with E-state index < -0.39 is 0 Å². The summed E-state index contributed by atoms with van der Waals surface area (Å²) < 4.78 is 2.40. The van der Waals surface area contributed by atoms with Crippen molar-refractivity contribution in [2.75, 3.05) is 4.90 Å². The topological polar surface area (TPSA) is 8.17 Å². The summed E-state index contributed by atoms with van der Waals surface area (Å²) in [6.45, 7) is 0. The minimum atomic E-state index is 1.11. The molecule has 0 fully saturated rings. The number of benzene rings is 10. The lowest BCUT2D eigenvalue weighted by atomic mass is 9.94. The highest BCUT2D eigenvalue weighted by molar-refractivity contribution is 6.11. The molecule has 0 aliphatic carbocycles.